The number of rotatable bonds is 4. The van der Waals surface area contributed by atoms with Crippen molar-refractivity contribution in [1.82, 2.24) is 14.5 Å². The fourth-order valence-electron chi connectivity index (χ4n) is 3.33. The molecule has 1 aromatic heterocycles. The first-order valence-electron chi connectivity index (χ1n) is 8.74. The zero-order chi connectivity index (χ0) is 19.6. The van der Waals surface area contributed by atoms with Gasteiger partial charge in [0, 0.05) is 56.6 Å². The number of ketones is 1. The van der Waals surface area contributed by atoms with Crippen molar-refractivity contribution in [2.24, 2.45) is 13.0 Å². The molecule has 0 aliphatic carbocycles. The lowest BCUT2D eigenvalue weighted by Crippen LogP contribution is -2.42. The molecule has 1 fully saturated rings. The van der Waals surface area contributed by atoms with E-state index in [9.17, 15) is 18.8 Å². The zero-order valence-corrected chi connectivity index (χ0v) is 15.2. The second-order valence-corrected chi connectivity index (χ2v) is 6.73. The quantitative estimate of drug-likeness (QED) is 0.835. The van der Waals surface area contributed by atoms with Crippen LogP contribution in [0.1, 0.15) is 40.7 Å². The minimum Gasteiger partial charge on any atom is -0.338 e. The molecule has 7 nitrogen and oxygen atoms in total. The SMILES string of the molecule is CC(=O)Nc1cc(F)cc(C(=O)N2CCCC(C(=O)c3nccn3C)C2)c1. The van der Waals surface area contributed by atoms with Gasteiger partial charge in [0.1, 0.15) is 5.82 Å². The maximum absolute atomic E-state index is 13.9. The zero-order valence-electron chi connectivity index (χ0n) is 15.2. The number of benzene rings is 1. The number of imidazole rings is 1. The second-order valence-electron chi connectivity index (χ2n) is 6.73. The number of nitrogens with one attached hydrogen (secondary N) is 1. The number of Topliss-reactive ketones (excluding diaryl/α,β-unsaturated/α-hetero) is 1. The van der Waals surface area contributed by atoms with E-state index >= 15 is 0 Å². The van der Waals surface area contributed by atoms with E-state index in [4.69, 9.17) is 0 Å². The van der Waals surface area contributed by atoms with Gasteiger partial charge in [-0.05, 0) is 31.0 Å². The Morgan fingerprint density at radius 3 is 2.70 bits per heavy atom. The number of piperidine rings is 1. The number of anilines is 1. The Morgan fingerprint density at radius 2 is 2.04 bits per heavy atom. The number of likely N-dealkylation sites (tertiary alicyclic amines) is 1. The summed E-state index contributed by atoms with van der Waals surface area (Å²) in [6, 6.07) is 3.73. The second kappa shape index (κ2) is 7.69. The molecular formula is C19H21FN4O3. The third-order valence-corrected chi connectivity index (χ3v) is 4.59. The van der Waals surface area contributed by atoms with Crippen molar-refractivity contribution in [3.05, 3.63) is 47.8 Å². The van der Waals surface area contributed by atoms with E-state index in [0.717, 1.165) is 12.1 Å². The van der Waals surface area contributed by atoms with Crippen LogP contribution in [0.5, 0.6) is 0 Å². The number of carbonyl (C=O) groups excluding carboxylic acids is 3. The van der Waals surface area contributed by atoms with Gasteiger partial charge in [-0.2, -0.15) is 0 Å². The highest BCUT2D eigenvalue weighted by Gasteiger charge is 2.31. The molecule has 1 atom stereocenters. The monoisotopic (exact) mass is 372 g/mol. The number of hydrogen-bond donors (Lipinski definition) is 1. The van der Waals surface area contributed by atoms with Crippen LogP contribution in [0.25, 0.3) is 0 Å². The molecule has 2 aromatic rings. The van der Waals surface area contributed by atoms with Gasteiger partial charge in [0.15, 0.2) is 5.82 Å². The molecule has 1 N–H and O–H groups in total. The van der Waals surface area contributed by atoms with Crippen LogP contribution in [0.15, 0.2) is 30.6 Å². The van der Waals surface area contributed by atoms with Gasteiger partial charge in [-0.3, -0.25) is 14.4 Å². The maximum atomic E-state index is 13.9. The summed E-state index contributed by atoms with van der Waals surface area (Å²) in [5, 5.41) is 2.48. The van der Waals surface area contributed by atoms with Gasteiger partial charge in [-0.25, -0.2) is 9.37 Å². The molecule has 1 unspecified atom stereocenters. The molecule has 2 heterocycles. The van der Waals surface area contributed by atoms with E-state index < -0.39 is 5.82 Å². The van der Waals surface area contributed by atoms with Gasteiger partial charge < -0.3 is 14.8 Å². The number of carbonyl (C=O) groups is 3. The van der Waals surface area contributed by atoms with Gasteiger partial charge in [0.2, 0.25) is 11.7 Å². The summed E-state index contributed by atoms with van der Waals surface area (Å²) in [4.78, 5) is 42.4. The lowest BCUT2D eigenvalue weighted by atomic mass is 9.92. The van der Waals surface area contributed by atoms with E-state index in [0.29, 0.717) is 25.2 Å². The van der Waals surface area contributed by atoms with Crippen molar-refractivity contribution in [1.29, 1.82) is 0 Å². The molecule has 1 aliphatic heterocycles. The largest absolute Gasteiger partial charge is 0.338 e. The van der Waals surface area contributed by atoms with Crippen LogP contribution in [-0.2, 0) is 11.8 Å². The van der Waals surface area contributed by atoms with Crippen LogP contribution in [0.2, 0.25) is 0 Å². The molecule has 27 heavy (non-hydrogen) atoms. The molecule has 1 aliphatic rings. The summed E-state index contributed by atoms with van der Waals surface area (Å²) in [5.74, 6) is -1.39. The van der Waals surface area contributed by atoms with Crippen LogP contribution in [0.4, 0.5) is 10.1 Å². The van der Waals surface area contributed by atoms with E-state index in [1.54, 1.807) is 28.9 Å². The lowest BCUT2D eigenvalue weighted by Gasteiger charge is -2.32. The molecular weight excluding hydrogens is 351 g/mol. The topological polar surface area (TPSA) is 84.3 Å². The van der Waals surface area contributed by atoms with Crippen LogP contribution in [0.3, 0.4) is 0 Å². The highest BCUT2D eigenvalue weighted by molar-refractivity contribution is 5.98. The Kier molecular flexibility index (Phi) is 5.34. The Bertz CT molecular complexity index is 893. The molecule has 0 spiro atoms. The fraction of sp³-hybridized carbons (Fsp3) is 0.368. The van der Waals surface area contributed by atoms with Crippen LogP contribution >= 0.6 is 0 Å². The third kappa shape index (κ3) is 4.21. The molecule has 1 saturated heterocycles. The first kappa shape index (κ1) is 18.8. The summed E-state index contributed by atoms with van der Waals surface area (Å²) in [6.45, 7) is 2.07. The highest BCUT2D eigenvalue weighted by atomic mass is 19.1. The minimum absolute atomic E-state index is 0.0989. The molecule has 142 valence electrons. The summed E-state index contributed by atoms with van der Waals surface area (Å²) in [7, 11) is 1.75. The van der Waals surface area contributed by atoms with Gasteiger partial charge in [-0.15, -0.1) is 0 Å². The molecule has 0 bridgehead atoms. The lowest BCUT2D eigenvalue weighted by molar-refractivity contribution is -0.114. The number of aromatic nitrogens is 2. The highest BCUT2D eigenvalue weighted by Crippen LogP contribution is 2.23. The van der Waals surface area contributed by atoms with Crippen LogP contribution in [0, 0.1) is 11.7 Å². The third-order valence-electron chi connectivity index (χ3n) is 4.59. The normalized spacial score (nSPS) is 16.9. The van der Waals surface area contributed by atoms with Crippen LogP contribution < -0.4 is 5.32 Å². The number of amides is 2. The Labute approximate surface area is 156 Å². The number of hydrogen-bond acceptors (Lipinski definition) is 4. The van der Waals surface area contributed by atoms with Gasteiger partial charge in [-0.1, -0.05) is 0 Å². The van der Waals surface area contributed by atoms with Gasteiger partial charge >= 0.3 is 0 Å². The predicted octanol–water partition coefficient (Wildman–Crippen LogP) is 2.25. The summed E-state index contributed by atoms with van der Waals surface area (Å²) in [6.07, 6.45) is 4.63. The van der Waals surface area contributed by atoms with Crippen molar-refractivity contribution in [3.63, 3.8) is 0 Å². The summed E-state index contributed by atoms with van der Waals surface area (Å²) < 4.78 is 15.5. The van der Waals surface area contributed by atoms with Crippen molar-refractivity contribution >= 4 is 23.3 Å². The van der Waals surface area contributed by atoms with Crippen molar-refractivity contribution in [2.45, 2.75) is 19.8 Å². The van der Waals surface area contributed by atoms with E-state index in [1.807, 2.05) is 0 Å². The smallest absolute Gasteiger partial charge is 0.254 e. The molecule has 1 aromatic carbocycles. The van der Waals surface area contributed by atoms with Crippen molar-refractivity contribution in [3.8, 4) is 0 Å². The fourth-order valence-corrected chi connectivity index (χ4v) is 3.33. The first-order valence-corrected chi connectivity index (χ1v) is 8.74. The number of halogens is 1. The van der Waals surface area contributed by atoms with Crippen molar-refractivity contribution < 1.29 is 18.8 Å². The van der Waals surface area contributed by atoms with Crippen LogP contribution in [-0.4, -0.2) is 45.1 Å². The minimum atomic E-state index is -0.609. The number of aryl methyl sites for hydroxylation is 1. The van der Waals surface area contributed by atoms with E-state index in [2.05, 4.69) is 10.3 Å². The van der Waals surface area contributed by atoms with Crippen molar-refractivity contribution in [2.75, 3.05) is 18.4 Å². The average molecular weight is 372 g/mol. The molecule has 2 amide bonds. The first-order chi connectivity index (χ1) is 12.8. The van der Waals surface area contributed by atoms with Gasteiger partial charge in [0.25, 0.3) is 5.91 Å². The molecule has 3 rings (SSSR count). The number of nitrogens with zero attached hydrogens (tertiary/aromatic N) is 3. The maximum Gasteiger partial charge on any atom is 0.254 e. The summed E-state index contributed by atoms with van der Waals surface area (Å²) in [5.41, 5.74) is 0.368. The molecule has 0 saturated carbocycles. The molecule has 0 radical (unpaired) electrons. The Hall–Kier alpha value is -3.03. The Morgan fingerprint density at radius 1 is 1.26 bits per heavy atom. The summed E-state index contributed by atoms with van der Waals surface area (Å²) >= 11 is 0. The average Bonchev–Trinajstić information content (AvgIpc) is 3.05. The standard InChI is InChI=1S/C19H21FN4O3/c1-12(25)22-16-9-14(8-15(20)10-16)19(27)24-6-3-4-13(11-24)17(26)18-21-5-7-23(18)2/h5,7-10,13H,3-4,6,11H2,1-2H3,(H,22,25). The molecule has 8 heteroatoms. The van der Waals surface area contributed by atoms with E-state index in [1.165, 1.54) is 13.0 Å². The van der Waals surface area contributed by atoms with Gasteiger partial charge in [0.05, 0.1) is 0 Å². The predicted molar refractivity (Wildman–Crippen MR) is 96.9 cm³/mol. The van der Waals surface area contributed by atoms with E-state index in [-0.39, 0.29) is 41.3 Å². The Balaban J connectivity index is 1.77.